The summed E-state index contributed by atoms with van der Waals surface area (Å²) in [6.07, 6.45) is 6.53. The lowest BCUT2D eigenvalue weighted by Gasteiger charge is -2.34. The molecule has 4 heterocycles. The molecule has 6 nitrogen and oxygen atoms in total. The standard InChI is InChI=1S/C23H23N5OS/c29-22(15-7-8-19-17(14-15)16-4-1-2-5-18(16)25-19)27-10-12-28(13-11-27)23-26-20-6-3-9-24-21(20)30-23/h3,6-9,14,25H,1-2,4-5,10-13H2. The molecule has 0 spiro atoms. The van der Waals surface area contributed by atoms with Crippen LogP contribution in [-0.4, -0.2) is 51.9 Å². The number of aromatic nitrogens is 3. The Balaban J connectivity index is 1.20. The second kappa shape index (κ2) is 7.09. The third-order valence-corrected chi connectivity index (χ3v) is 7.38. The maximum absolute atomic E-state index is 13.2. The third-order valence-electron chi connectivity index (χ3n) is 6.34. The van der Waals surface area contributed by atoms with E-state index in [1.54, 1.807) is 17.5 Å². The Bertz CT molecular complexity index is 1220. The van der Waals surface area contributed by atoms with Gasteiger partial charge < -0.3 is 14.8 Å². The highest BCUT2D eigenvalue weighted by Crippen LogP contribution is 2.31. The first-order chi connectivity index (χ1) is 14.8. The SMILES string of the molecule is O=C(c1ccc2[nH]c3c(c2c1)CCCC3)N1CCN(c2nc3cccnc3s2)CC1. The summed E-state index contributed by atoms with van der Waals surface area (Å²) in [5.74, 6) is 0.133. The first kappa shape index (κ1) is 17.9. The molecule has 1 aliphatic heterocycles. The van der Waals surface area contributed by atoms with E-state index in [4.69, 9.17) is 4.98 Å². The lowest BCUT2D eigenvalue weighted by molar-refractivity contribution is 0.0747. The van der Waals surface area contributed by atoms with E-state index in [0.29, 0.717) is 13.1 Å². The largest absolute Gasteiger partial charge is 0.358 e. The quantitative estimate of drug-likeness (QED) is 0.535. The highest BCUT2D eigenvalue weighted by molar-refractivity contribution is 7.21. The van der Waals surface area contributed by atoms with Gasteiger partial charge in [0.25, 0.3) is 5.91 Å². The number of piperazine rings is 1. The zero-order valence-corrected chi connectivity index (χ0v) is 17.5. The Morgan fingerprint density at radius 3 is 2.80 bits per heavy atom. The number of nitrogens with zero attached hydrogens (tertiary/aromatic N) is 4. The zero-order chi connectivity index (χ0) is 20.1. The Morgan fingerprint density at radius 2 is 1.93 bits per heavy atom. The van der Waals surface area contributed by atoms with E-state index >= 15 is 0 Å². The van der Waals surface area contributed by atoms with Crippen molar-refractivity contribution in [1.29, 1.82) is 0 Å². The number of hydrogen-bond acceptors (Lipinski definition) is 5. The number of nitrogens with one attached hydrogen (secondary N) is 1. The van der Waals surface area contributed by atoms with Crippen LogP contribution in [0.5, 0.6) is 0 Å². The van der Waals surface area contributed by atoms with Crippen LogP contribution in [0.2, 0.25) is 0 Å². The summed E-state index contributed by atoms with van der Waals surface area (Å²) in [6.45, 7) is 3.03. The Morgan fingerprint density at radius 1 is 1.07 bits per heavy atom. The van der Waals surface area contributed by atoms with Crippen molar-refractivity contribution in [3.05, 3.63) is 53.3 Å². The van der Waals surface area contributed by atoms with E-state index < -0.39 is 0 Å². The van der Waals surface area contributed by atoms with Crippen LogP contribution in [0, 0.1) is 0 Å². The van der Waals surface area contributed by atoms with Gasteiger partial charge in [-0.15, -0.1) is 0 Å². The number of hydrogen-bond donors (Lipinski definition) is 1. The Labute approximate surface area is 178 Å². The molecule has 4 aromatic rings. The summed E-state index contributed by atoms with van der Waals surface area (Å²) in [6, 6.07) is 10.1. The van der Waals surface area contributed by atoms with Gasteiger partial charge in [-0.3, -0.25) is 4.79 Å². The van der Waals surface area contributed by atoms with E-state index in [1.807, 2.05) is 23.1 Å². The first-order valence-electron chi connectivity index (χ1n) is 10.7. The summed E-state index contributed by atoms with van der Waals surface area (Å²) < 4.78 is 0. The molecule has 0 unspecified atom stereocenters. The summed E-state index contributed by atoms with van der Waals surface area (Å²) in [7, 11) is 0. The van der Waals surface area contributed by atoms with Gasteiger partial charge in [-0.2, -0.15) is 0 Å². The monoisotopic (exact) mass is 417 g/mol. The van der Waals surface area contributed by atoms with Crippen molar-refractivity contribution in [2.45, 2.75) is 25.7 Å². The van der Waals surface area contributed by atoms with Gasteiger partial charge in [0.2, 0.25) is 0 Å². The number of thiazole rings is 1. The number of fused-ring (bicyclic) bond motifs is 4. The molecule has 0 atom stereocenters. The lowest BCUT2D eigenvalue weighted by atomic mass is 9.95. The number of anilines is 1. The molecule has 1 fully saturated rings. The van der Waals surface area contributed by atoms with Crippen LogP contribution in [0.1, 0.15) is 34.5 Å². The number of carbonyl (C=O) groups excluding carboxylic acids is 1. The number of aryl methyl sites for hydroxylation is 2. The minimum absolute atomic E-state index is 0.133. The van der Waals surface area contributed by atoms with E-state index in [-0.39, 0.29) is 5.91 Å². The van der Waals surface area contributed by atoms with Crippen molar-refractivity contribution in [2.24, 2.45) is 0 Å². The number of H-pyrrole nitrogens is 1. The van der Waals surface area contributed by atoms with Crippen molar-refractivity contribution >= 4 is 43.6 Å². The normalized spacial score (nSPS) is 16.9. The van der Waals surface area contributed by atoms with Crippen LogP contribution in [0.25, 0.3) is 21.3 Å². The number of pyridine rings is 1. The fraction of sp³-hybridized carbons (Fsp3) is 0.348. The van der Waals surface area contributed by atoms with Gasteiger partial charge in [0.05, 0.1) is 0 Å². The molecule has 3 aromatic heterocycles. The van der Waals surface area contributed by atoms with Crippen LogP contribution in [0.3, 0.4) is 0 Å². The van der Waals surface area contributed by atoms with E-state index in [9.17, 15) is 4.79 Å². The van der Waals surface area contributed by atoms with Crippen LogP contribution >= 0.6 is 11.3 Å². The van der Waals surface area contributed by atoms with Crippen molar-refractivity contribution < 1.29 is 4.79 Å². The highest BCUT2D eigenvalue weighted by Gasteiger charge is 2.25. The number of benzene rings is 1. The Kier molecular flexibility index (Phi) is 4.23. The van der Waals surface area contributed by atoms with E-state index in [2.05, 4.69) is 27.0 Å². The van der Waals surface area contributed by atoms with Crippen LogP contribution in [-0.2, 0) is 12.8 Å². The number of aromatic amines is 1. The second-order valence-electron chi connectivity index (χ2n) is 8.15. The van der Waals surface area contributed by atoms with Gasteiger partial charge in [-0.05, 0) is 61.6 Å². The van der Waals surface area contributed by atoms with Crippen molar-refractivity contribution in [2.75, 3.05) is 31.1 Å². The summed E-state index contributed by atoms with van der Waals surface area (Å²) in [5.41, 5.74) is 5.68. The minimum atomic E-state index is 0.133. The highest BCUT2D eigenvalue weighted by atomic mass is 32.1. The molecule has 1 saturated heterocycles. The van der Waals surface area contributed by atoms with Gasteiger partial charge in [0.15, 0.2) is 5.13 Å². The Hall–Kier alpha value is -2.93. The first-order valence-corrected chi connectivity index (χ1v) is 11.5. The van der Waals surface area contributed by atoms with E-state index in [1.165, 1.54) is 29.5 Å². The molecular weight excluding hydrogens is 394 g/mol. The lowest BCUT2D eigenvalue weighted by Crippen LogP contribution is -2.48. The molecule has 2 aliphatic rings. The smallest absolute Gasteiger partial charge is 0.253 e. The van der Waals surface area contributed by atoms with Crippen molar-refractivity contribution in [3.8, 4) is 0 Å². The van der Waals surface area contributed by atoms with Gasteiger partial charge in [-0.25, -0.2) is 9.97 Å². The fourth-order valence-corrected chi connectivity index (χ4v) is 5.68. The van der Waals surface area contributed by atoms with Crippen LogP contribution in [0.4, 0.5) is 5.13 Å². The molecule has 7 heteroatoms. The predicted octanol–water partition coefficient (Wildman–Crippen LogP) is 4.01. The summed E-state index contributed by atoms with van der Waals surface area (Å²) >= 11 is 1.62. The molecule has 30 heavy (non-hydrogen) atoms. The second-order valence-corrected chi connectivity index (χ2v) is 9.11. The fourth-order valence-electron chi connectivity index (χ4n) is 4.72. The average Bonchev–Trinajstić information content (AvgIpc) is 3.40. The van der Waals surface area contributed by atoms with Crippen molar-refractivity contribution in [3.63, 3.8) is 0 Å². The molecule has 152 valence electrons. The minimum Gasteiger partial charge on any atom is -0.358 e. The predicted molar refractivity (Wildman–Crippen MR) is 120 cm³/mol. The molecule has 6 rings (SSSR count). The average molecular weight is 418 g/mol. The van der Waals surface area contributed by atoms with Crippen LogP contribution < -0.4 is 4.90 Å². The number of amides is 1. The summed E-state index contributed by atoms with van der Waals surface area (Å²) in [5, 5.41) is 2.23. The van der Waals surface area contributed by atoms with Gasteiger partial charge >= 0.3 is 0 Å². The molecular formula is C23H23N5OS. The third kappa shape index (κ3) is 2.96. The molecule has 0 bridgehead atoms. The van der Waals surface area contributed by atoms with Crippen molar-refractivity contribution in [1.82, 2.24) is 19.9 Å². The maximum atomic E-state index is 13.2. The van der Waals surface area contributed by atoms with E-state index in [0.717, 1.165) is 52.5 Å². The van der Waals surface area contributed by atoms with Gasteiger partial charge in [-0.1, -0.05) is 11.3 Å². The number of rotatable bonds is 2. The molecule has 1 aromatic carbocycles. The zero-order valence-electron chi connectivity index (χ0n) is 16.7. The summed E-state index contributed by atoms with van der Waals surface area (Å²) in [4.78, 5) is 31.1. The molecule has 0 radical (unpaired) electrons. The van der Waals surface area contributed by atoms with Gasteiger partial charge in [0.1, 0.15) is 10.3 Å². The number of carbonyl (C=O) groups is 1. The van der Waals surface area contributed by atoms with Crippen LogP contribution in [0.15, 0.2) is 36.5 Å². The molecule has 0 saturated carbocycles. The molecule has 1 aliphatic carbocycles. The maximum Gasteiger partial charge on any atom is 0.253 e. The topological polar surface area (TPSA) is 65.1 Å². The molecule has 1 amide bonds. The van der Waals surface area contributed by atoms with Gasteiger partial charge in [0, 0.05) is 54.5 Å². The molecule has 1 N–H and O–H groups in total.